The van der Waals surface area contributed by atoms with Gasteiger partial charge in [0.1, 0.15) is 0 Å². The van der Waals surface area contributed by atoms with Gasteiger partial charge in [0.05, 0.1) is 6.54 Å². The molecular formula is C14H24N2O2. The first kappa shape index (κ1) is 14.7. The molecule has 102 valence electrons. The van der Waals surface area contributed by atoms with Gasteiger partial charge in [-0.15, -0.1) is 0 Å². The smallest absolute Gasteiger partial charge is 0.246 e. The molecule has 0 aromatic rings. The van der Waals surface area contributed by atoms with Crippen LogP contribution in [-0.4, -0.2) is 48.3 Å². The lowest BCUT2D eigenvalue weighted by molar-refractivity contribution is -0.138. The molecule has 0 radical (unpaired) electrons. The number of amides is 2. The monoisotopic (exact) mass is 252 g/mol. The predicted molar refractivity (Wildman–Crippen MR) is 72.1 cm³/mol. The number of carbonyl (C=O) groups is 2. The topological polar surface area (TPSA) is 40.6 Å². The highest BCUT2D eigenvalue weighted by Crippen LogP contribution is 2.21. The van der Waals surface area contributed by atoms with Crippen LogP contribution in [-0.2, 0) is 9.59 Å². The second-order valence-corrected chi connectivity index (χ2v) is 4.99. The Bertz CT molecular complexity index is 320. The van der Waals surface area contributed by atoms with Crippen LogP contribution >= 0.6 is 0 Å². The van der Waals surface area contributed by atoms with Crippen molar-refractivity contribution in [3.8, 4) is 0 Å². The first-order chi connectivity index (χ1) is 8.56. The molecule has 4 heteroatoms. The highest BCUT2D eigenvalue weighted by Gasteiger charge is 2.23. The molecule has 0 bridgehead atoms. The molecule has 1 fully saturated rings. The summed E-state index contributed by atoms with van der Waals surface area (Å²) in [7, 11) is 3.52. The lowest BCUT2D eigenvalue weighted by Gasteiger charge is -2.32. The van der Waals surface area contributed by atoms with Crippen LogP contribution in [0.15, 0.2) is 12.2 Å². The first-order valence-corrected chi connectivity index (χ1v) is 6.69. The van der Waals surface area contributed by atoms with Gasteiger partial charge in [0, 0.05) is 20.1 Å². The molecule has 1 aliphatic carbocycles. The largest absolute Gasteiger partial charge is 0.341 e. The molecule has 0 unspecified atom stereocenters. The van der Waals surface area contributed by atoms with Crippen molar-refractivity contribution < 1.29 is 9.59 Å². The summed E-state index contributed by atoms with van der Waals surface area (Å²) < 4.78 is 0. The molecule has 18 heavy (non-hydrogen) atoms. The molecule has 0 spiro atoms. The van der Waals surface area contributed by atoms with Crippen LogP contribution in [0.3, 0.4) is 0 Å². The average molecular weight is 252 g/mol. The normalized spacial score (nSPS) is 16.8. The van der Waals surface area contributed by atoms with Gasteiger partial charge >= 0.3 is 0 Å². The molecule has 1 aliphatic rings. The van der Waals surface area contributed by atoms with E-state index in [0.717, 1.165) is 12.8 Å². The van der Waals surface area contributed by atoms with E-state index in [-0.39, 0.29) is 18.4 Å². The number of allylic oxidation sites excluding steroid dienone is 1. The quantitative estimate of drug-likeness (QED) is 0.716. The lowest BCUT2D eigenvalue weighted by atomic mass is 9.94. The maximum Gasteiger partial charge on any atom is 0.246 e. The van der Waals surface area contributed by atoms with Crippen LogP contribution in [0.5, 0.6) is 0 Å². The van der Waals surface area contributed by atoms with E-state index in [0.29, 0.717) is 6.04 Å². The average Bonchev–Trinajstić information content (AvgIpc) is 2.39. The number of likely N-dealkylation sites (N-methyl/N-ethyl adjacent to an activating group) is 2. The predicted octanol–water partition coefficient (Wildman–Crippen LogP) is 1.81. The summed E-state index contributed by atoms with van der Waals surface area (Å²) in [6.07, 6.45) is 9.04. The highest BCUT2D eigenvalue weighted by atomic mass is 16.2. The number of rotatable bonds is 4. The Morgan fingerprint density at radius 1 is 1.17 bits per heavy atom. The minimum Gasteiger partial charge on any atom is -0.341 e. The lowest BCUT2D eigenvalue weighted by Crippen LogP contribution is -2.44. The Morgan fingerprint density at radius 2 is 1.78 bits per heavy atom. The van der Waals surface area contributed by atoms with Gasteiger partial charge in [-0.1, -0.05) is 25.3 Å². The van der Waals surface area contributed by atoms with E-state index in [1.165, 1.54) is 30.2 Å². The maximum absolute atomic E-state index is 12.1. The van der Waals surface area contributed by atoms with Gasteiger partial charge in [-0.2, -0.15) is 0 Å². The molecule has 0 saturated heterocycles. The fourth-order valence-electron chi connectivity index (χ4n) is 2.33. The molecule has 1 saturated carbocycles. The molecular weight excluding hydrogens is 228 g/mol. The Kier molecular flexibility index (Phi) is 5.89. The van der Waals surface area contributed by atoms with Crippen molar-refractivity contribution >= 4 is 11.8 Å². The number of carbonyl (C=O) groups excluding carboxylic acids is 2. The summed E-state index contributed by atoms with van der Waals surface area (Å²) in [5.41, 5.74) is 0. The van der Waals surface area contributed by atoms with E-state index in [4.69, 9.17) is 0 Å². The molecule has 2 amide bonds. The Hall–Kier alpha value is -1.32. The van der Waals surface area contributed by atoms with Crippen molar-refractivity contribution in [2.45, 2.75) is 45.1 Å². The Labute approximate surface area is 110 Å². The molecule has 0 aromatic carbocycles. The van der Waals surface area contributed by atoms with E-state index in [2.05, 4.69) is 0 Å². The van der Waals surface area contributed by atoms with Crippen molar-refractivity contribution in [3.63, 3.8) is 0 Å². The van der Waals surface area contributed by atoms with Gasteiger partial charge in [-0.05, 0) is 25.8 Å². The molecule has 0 N–H and O–H groups in total. The van der Waals surface area contributed by atoms with E-state index in [1.807, 2.05) is 11.9 Å². The Morgan fingerprint density at radius 3 is 2.33 bits per heavy atom. The van der Waals surface area contributed by atoms with Crippen LogP contribution < -0.4 is 0 Å². The van der Waals surface area contributed by atoms with Gasteiger partial charge in [-0.25, -0.2) is 0 Å². The molecule has 0 atom stereocenters. The molecule has 4 nitrogen and oxygen atoms in total. The number of hydrogen-bond donors (Lipinski definition) is 0. The third-order valence-electron chi connectivity index (χ3n) is 3.57. The van der Waals surface area contributed by atoms with Crippen LogP contribution in [0, 0.1) is 0 Å². The molecule has 1 rings (SSSR count). The van der Waals surface area contributed by atoms with Crippen molar-refractivity contribution in [3.05, 3.63) is 12.2 Å². The summed E-state index contributed by atoms with van der Waals surface area (Å²) in [4.78, 5) is 26.9. The van der Waals surface area contributed by atoms with Crippen LogP contribution in [0.1, 0.15) is 39.0 Å². The third-order valence-corrected chi connectivity index (χ3v) is 3.57. The summed E-state index contributed by atoms with van der Waals surface area (Å²) in [6, 6.07) is 0.358. The van der Waals surface area contributed by atoms with E-state index >= 15 is 0 Å². The third kappa shape index (κ3) is 4.17. The summed E-state index contributed by atoms with van der Waals surface area (Å²) in [6.45, 7) is 1.96. The van der Waals surface area contributed by atoms with Gasteiger partial charge in [-0.3, -0.25) is 9.59 Å². The SMILES string of the molecule is CC=CC(=O)N(C)CC(=O)N(C)C1CCCCC1. The molecule has 0 aromatic heterocycles. The van der Waals surface area contributed by atoms with Crippen molar-refractivity contribution in [2.24, 2.45) is 0 Å². The van der Waals surface area contributed by atoms with Gasteiger partial charge in [0.2, 0.25) is 11.8 Å². The number of hydrogen-bond acceptors (Lipinski definition) is 2. The van der Waals surface area contributed by atoms with Crippen molar-refractivity contribution in [1.29, 1.82) is 0 Å². The zero-order valence-electron chi connectivity index (χ0n) is 11.7. The minimum atomic E-state index is -0.122. The highest BCUT2D eigenvalue weighted by molar-refractivity contribution is 5.91. The zero-order chi connectivity index (χ0) is 13.5. The molecule has 0 aliphatic heterocycles. The van der Waals surface area contributed by atoms with E-state index in [1.54, 1.807) is 20.0 Å². The summed E-state index contributed by atoms with van der Waals surface area (Å²) >= 11 is 0. The second-order valence-electron chi connectivity index (χ2n) is 4.99. The zero-order valence-corrected chi connectivity index (χ0v) is 11.7. The van der Waals surface area contributed by atoms with Crippen LogP contribution in [0.4, 0.5) is 0 Å². The van der Waals surface area contributed by atoms with Crippen LogP contribution in [0.25, 0.3) is 0 Å². The van der Waals surface area contributed by atoms with E-state index in [9.17, 15) is 9.59 Å². The standard InChI is InChI=1S/C14H24N2O2/c1-4-8-13(17)15(2)11-14(18)16(3)12-9-6-5-7-10-12/h4,8,12H,5-7,9-11H2,1-3H3. The fourth-order valence-corrected chi connectivity index (χ4v) is 2.33. The fraction of sp³-hybridized carbons (Fsp3) is 0.714. The van der Waals surface area contributed by atoms with Crippen molar-refractivity contribution in [2.75, 3.05) is 20.6 Å². The minimum absolute atomic E-state index is 0.0299. The molecule has 0 heterocycles. The number of nitrogens with zero attached hydrogens (tertiary/aromatic N) is 2. The summed E-state index contributed by atoms with van der Waals surface area (Å²) in [5.74, 6) is -0.0925. The Balaban J connectivity index is 2.45. The summed E-state index contributed by atoms with van der Waals surface area (Å²) in [5, 5.41) is 0. The van der Waals surface area contributed by atoms with Gasteiger partial charge < -0.3 is 9.80 Å². The van der Waals surface area contributed by atoms with Crippen LogP contribution in [0.2, 0.25) is 0 Å². The maximum atomic E-state index is 12.1. The van der Waals surface area contributed by atoms with E-state index < -0.39 is 0 Å². The second kappa shape index (κ2) is 7.19. The first-order valence-electron chi connectivity index (χ1n) is 6.69. The van der Waals surface area contributed by atoms with Gasteiger partial charge in [0.25, 0.3) is 0 Å². The van der Waals surface area contributed by atoms with Gasteiger partial charge in [0.15, 0.2) is 0 Å². The van der Waals surface area contributed by atoms with Crippen molar-refractivity contribution in [1.82, 2.24) is 9.80 Å².